The second-order valence-corrected chi connectivity index (χ2v) is 7.38. The van der Waals surface area contributed by atoms with Crippen molar-refractivity contribution in [3.05, 3.63) is 42.0 Å². The van der Waals surface area contributed by atoms with Crippen LogP contribution in [0.2, 0.25) is 0 Å². The van der Waals surface area contributed by atoms with E-state index in [9.17, 15) is 9.59 Å². The minimum atomic E-state index is -0.445. The van der Waals surface area contributed by atoms with Gasteiger partial charge in [0.25, 0.3) is 0 Å². The molecule has 1 atom stereocenters. The third-order valence-electron chi connectivity index (χ3n) is 5.37. The summed E-state index contributed by atoms with van der Waals surface area (Å²) in [6, 6.07) is 9.66. The van der Waals surface area contributed by atoms with Gasteiger partial charge >= 0.3 is 0 Å². The Morgan fingerprint density at radius 2 is 1.96 bits per heavy atom. The average molecular weight is 341 g/mol. The first kappa shape index (κ1) is 17.7. The Labute approximate surface area is 149 Å². The normalized spacial score (nSPS) is 21.3. The molecule has 3 rings (SSSR count). The molecule has 1 aromatic carbocycles. The van der Waals surface area contributed by atoms with Crippen molar-refractivity contribution in [3.63, 3.8) is 0 Å². The first-order chi connectivity index (χ1) is 12.0. The molecule has 5 nitrogen and oxygen atoms in total. The van der Waals surface area contributed by atoms with Gasteiger partial charge < -0.3 is 15.5 Å². The number of nitrogens with two attached hydrogens (primary N) is 1. The van der Waals surface area contributed by atoms with Crippen molar-refractivity contribution >= 4 is 17.9 Å². The molecule has 5 heteroatoms. The Bertz CT molecular complexity index is 646. The molecule has 25 heavy (non-hydrogen) atoms. The molecule has 134 valence electrons. The Kier molecular flexibility index (Phi) is 5.23. The van der Waals surface area contributed by atoms with Gasteiger partial charge in [0.15, 0.2) is 0 Å². The molecule has 0 saturated carbocycles. The van der Waals surface area contributed by atoms with E-state index in [0.29, 0.717) is 26.1 Å². The van der Waals surface area contributed by atoms with Crippen LogP contribution in [0, 0.1) is 5.41 Å². The van der Waals surface area contributed by atoms with Crippen LogP contribution in [0.3, 0.4) is 0 Å². The number of nitrogens with zero attached hydrogens (tertiary/aromatic N) is 2. The van der Waals surface area contributed by atoms with Gasteiger partial charge in [-0.2, -0.15) is 0 Å². The minimum absolute atomic E-state index is 0.0156. The molecule has 0 aromatic heterocycles. The van der Waals surface area contributed by atoms with E-state index in [-0.39, 0.29) is 17.2 Å². The van der Waals surface area contributed by atoms with Crippen LogP contribution in [0.25, 0.3) is 6.08 Å². The number of hydrogen-bond donors (Lipinski definition) is 1. The van der Waals surface area contributed by atoms with Crippen LogP contribution in [0.15, 0.2) is 36.4 Å². The summed E-state index contributed by atoms with van der Waals surface area (Å²) in [5.74, 6) is 0.242. The largest absolute Gasteiger partial charge is 0.341 e. The predicted octanol–water partition coefficient (Wildman–Crippen LogP) is 1.89. The summed E-state index contributed by atoms with van der Waals surface area (Å²) in [4.78, 5) is 28.2. The number of carbonyl (C=O) groups is 2. The highest BCUT2D eigenvalue weighted by Crippen LogP contribution is 2.41. The van der Waals surface area contributed by atoms with Gasteiger partial charge in [-0.05, 0) is 25.3 Å². The molecule has 2 heterocycles. The lowest BCUT2D eigenvalue weighted by Gasteiger charge is -2.39. The summed E-state index contributed by atoms with van der Waals surface area (Å²) in [6.45, 7) is 4.60. The Hall–Kier alpha value is -2.14. The third kappa shape index (κ3) is 4.10. The number of rotatable bonds is 4. The van der Waals surface area contributed by atoms with E-state index in [0.717, 1.165) is 24.9 Å². The topological polar surface area (TPSA) is 66.6 Å². The van der Waals surface area contributed by atoms with Gasteiger partial charge in [-0.1, -0.05) is 42.5 Å². The molecule has 2 N–H and O–H groups in total. The van der Waals surface area contributed by atoms with Crippen LogP contribution in [0.4, 0.5) is 0 Å². The summed E-state index contributed by atoms with van der Waals surface area (Å²) < 4.78 is 0. The maximum absolute atomic E-state index is 12.4. The molecule has 1 aromatic rings. The van der Waals surface area contributed by atoms with Crippen LogP contribution in [0.1, 0.15) is 31.7 Å². The average Bonchev–Trinajstić information content (AvgIpc) is 2.91. The molecule has 0 unspecified atom stereocenters. The zero-order valence-corrected chi connectivity index (χ0v) is 14.9. The second-order valence-electron chi connectivity index (χ2n) is 7.38. The molecular formula is C20H27N3O2. The Morgan fingerprint density at radius 3 is 2.60 bits per heavy atom. The fraction of sp³-hybridized carbons (Fsp3) is 0.500. The molecule has 0 radical (unpaired) electrons. The zero-order chi connectivity index (χ0) is 17.9. The molecular weight excluding hydrogens is 314 g/mol. The summed E-state index contributed by atoms with van der Waals surface area (Å²) in [6.07, 6.45) is 6.49. The van der Waals surface area contributed by atoms with Gasteiger partial charge in [0.2, 0.25) is 11.8 Å². The number of hydrogen-bond acceptors (Lipinski definition) is 3. The van der Waals surface area contributed by atoms with Gasteiger partial charge in [-0.3, -0.25) is 9.59 Å². The van der Waals surface area contributed by atoms with Gasteiger partial charge in [0.1, 0.15) is 0 Å². The fourth-order valence-electron chi connectivity index (χ4n) is 3.85. The summed E-state index contributed by atoms with van der Waals surface area (Å²) in [5, 5.41) is 0. The fourth-order valence-corrected chi connectivity index (χ4v) is 3.85. The first-order valence-electron chi connectivity index (χ1n) is 9.03. The van der Waals surface area contributed by atoms with E-state index < -0.39 is 6.04 Å². The summed E-state index contributed by atoms with van der Waals surface area (Å²) in [5.41, 5.74) is 6.88. The number of carbonyl (C=O) groups excluding carboxylic acids is 2. The lowest BCUT2D eigenvalue weighted by molar-refractivity contribution is -0.134. The molecule has 0 aliphatic carbocycles. The molecule has 2 amide bonds. The molecule has 1 spiro atoms. The van der Waals surface area contributed by atoms with E-state index in [1.807, 2.05) is 28.0 Å². The van der Waals surface area contributed by atoms with Crippen molar-refractivity contribution in [1.29, 1.82) is 0 Å². The minimum Gasteiger partial charge on any atom is -0.341 e. The van der Waals surface area contributed by atoms with Gasteiger partial charge in [0.05, 0.1) is 6.04 Å². The van der Waals surface area contributed by atoms with E-state index >= 15 is 0 Å². The highest BCUT2D eigenvalue weighted by Gasteiger charge is 2.45. The Morgan fingerprint density at radius 1 is 1.28 bits per heavy atom. The van der Waals surface area contributed by atoms with Gasteiger partial charge in [0, 0.05) is 38.0 Å². The second kappa shape index (κ2) is 7.40. The zero-order valence-electron chi connectivity index (χ0n) is 14.9. The highest BCUT2D eigenvalue weighted by molar-refractivity contribution is 5.82. The highest BCUT2D eigenvalue weighted by atomic mass is 16.2. The maximum Gasteiger partial charge on any atom is 0.239 e. The standard InChI is InChI=1S/C20H27N3O2/c1-16(21)19(25)22-12-9-20(10-13-22)14-18(24)23(15-20)11-5-8-17-6-3-2-4-7-17/h2-8,16H,9-15,21H2,1H3/t16-/m1/s1. The number of likely N-dealkylation sites (tertiary alicyclic amines) is 2. The van der Waals surface area contributed by atoms with Gasteiger partial charge in [-0.15, -0.1) is 0 Å². The van der Waals surface area contributed by atoms with E-state index in [2.05, 4.69) is 24.3 Å². The van der Waals surface area contributed by atoms with Crippen LogP contribution in [-0.2, 0) is 9.59 Å². The van der Waals surface area contributed by atoms with Gasteiger partial charge in [-0.25, -0.2) is 0 Å². The number of benzene rings is 1. The third-order valence-corrected chi connectivity index (χ3v) is 5.37. The van der Waals surface area contributed by atoms with Crippen LogP contribution in [-0.4, -0.2) is 53.8 Å². The van der Waals surface area contributed by atoms with Crippen molar-refractivity contribution in [3.8, 4) is 0 Å². The molecule has 2 aliphatic heterocycles. The maximum atomic E-state index is 12.4. The SMILES string of the molecule is C[C@@H](N)C(=O)N1CCC2(CC1)CC(=O)N(CC=Cc1ccccc1)C2. The van der Waals surface area contributed by atoms with Crippen molar-refractivity contribution in [2.24, 2.45) is 11.1 Å². The van der Waals surface area contributed by atoms with Crippen LogP contribution >= 0.6 is 0 Å². The molecule has 2 saturated heterocycles. The molecule has 2 aliphatic rings. The molecule has 2 fully saturated rings. The van der Waals surface area contributed by atoms with Crippen LogP contribution in [0.5, 0.6) is 0 Å². The number of piperidine rings is 1. The monoisotopic (exact) mass is 341 g/mol. The smallest absolute Gasteiger partial charge is 0.239 e. The van der Waals surface area contributed by atoms with E-state index in [1.165, 1.54) is 0 Å². The predicted molar refractivity (Wildman–Crippen MR) is 98.6 cm³/mol. The van der Waals surface area contributed by atoms with Crippen molar-refractivity contribution < 1.29 is 9.59 Å². The molecule has 0 bridgehead atoms. The van der Waals surface area contributed by atoms with Crippen LogP contribution < -0.4 is 5.73 Å². The van der Waals surface area contributed by atoms with Crippen molar-refractivity contribution in [2.75, 3.05) is 26.2 Å². The summed E-state index contributed by atoms with van der Waals surface area (Å²) in [7, 11) is 0. The van der Waals surface area contributed by atoms with Crippen molar-refractivity contribution in [2.45, 2.75) is 32.2 Å². The summed E-state index contributed by atoms with van der Waals surface area (Å²) >= 11 is 0. The van der Waals surface area contributed by atoms with Crippen molar-refractivity contribution in [1.82, 2.24) is 9.80 Å². The quantitative estimate of drug-likeness (QED) is 0.909. The van der Waals surface area contributed by atoms with E-state index in [4.69, 9.17) is 5.73 Å². The lowest BCUT2D eigenvalue weighted by Crippen LogP contribution is -2.49. The lowest BCUT2D eigenvalue weighted by atomic mass is 9.77. The first-order valence-corrected chi connectivity index (χ1v) is 9.03. The Balaban J connectivity index is 1.54. The number of amides is 2. The van der Waals surface area contributed by atoms with E-state index in [1.54, 1.807) is 6.92 Å².